The highest BCUT2D eigenvalue weighted by molar-refractivity contribution is 5.64. The topological polar surface area (TPSA) is 42.0 Å². The number of benzene rings is 2. The van der Waals surface area contributed by atoms with Crippen molar-refractivity contribution in [3.63, 3.8) is 0 Å². The second kappa shape index (κ2) is 12.8. The molecule has 0 amide bonds. The number of carbonyl (C=O) groups is 1. The van der Waals surface area contributed by atoms with Crippen LogP contribution in [-0.4, -0.2) is 67.3 Å². The maximum Gasteiger partial charge on any atom is 0.137 e. The van der Waals surface area contributed by atoms with Crippen LogP contribution < -0.4 is 4.74 Å². The number of aldehydes is 1. The second-order valence-corrected chi connectivity index (χ2v) is 11.0. The van der Waals surface area contributed by atoms with Crippen molar-refractivity contribution in [1.82, 2.24) is 9.80 Å². The van der Waals surface area contributed by atoms with Crippen molar-refractivity contribution >= 4 is 6.29 Å². The molecule has 2 saturated heterocycles. The molecule has 1 atom stereocenters. The Kier molecular flexibility index (Phi) is 9.52. The number of hydrogen-bond donors (Lipinski definition) is 0. The van der Waals surface area contributed by atoms with E-state index in [1.54, 1.807) is 13.8 Å². The van der Waals surface area contributed by atoms with E-state index in [4.69, 9.17) is 9.47 Å². The Hall–Kier alpha value is -2.28. The lowest BCUT2D eigenvalue weighted by Gasteiger charge is -2.34. The molecule has 0 radical (unpaired) electrons. The smallest absolute Gasteiger partial charge is 0.137 e. The molecule has 36 heavy (non-hydrogen) atoms. The predicted octanol–water partition coefficient (Wildman–Crippen LogP) is 5.72. The van der Waals surface area contributed by atoms with Gasteiger partial charge in [0.1, 0.15) is 24.4 Å². The third-order valence-corrected chi connectivity index (χ3v) is 7.28. The fourth-order valence-corrected chi connectivity index (χ4v) is 5.21. The summed E-state index contributed by atoms with van der Waals surface area (Å²) < 4.78 is 25.8. The highest BCUT2D eigenvalue weighted by Crippen LogP contribution is 2.25. The number of carbonyl (C=O) groups excluding carboxylic acids is 1. The third-order valence-electron chi connectivity index (χ3n) is 7.28. The van der Waals surface area contributed by atoms with Crippen LogP contribution in [0.5, 0.6) is 5.75 Å². The predicted molar refractivity (Wildman–Crippen MR) is 142 cm³/mol. The van der Waals surface area contributed by atoms with E-state index >= 15 is 0 Å². The normalized spacial score (nSPS) is 20.4. The number of halogens is 1. The molecule has 0 unspecified atom stereocenters. The minimum absolute atomic E-state index is 0.00106. The van der Waals surface area contributed by atoms with Gasteiger partial charge in [-0.15, -0.1) is 0 Å². The first kappa shape index (κ1) is 26.8. The van der Waals surface area contributed by atoms with E-state index in [9.17, 15) is 9.18 Å². The molecule has 2 aliphatic rings. The highest BCUT2D eigenvalue weighted by atomic mass is 19.1. The standard InChI is InChI=1S/C30H41FN2O3/c1-30(2,31)22-32-17-14-25(15-18-32)21-36-29-12-10-27(11-13-29)26-8-6-24(7-9-26)20-35-23-33-16-4-3-5-28(33)19-34/h6-13,19,25,28H,3-5,14-18,20-23H2,1-2H3/t28-/m0/s1. The van der Waals surface area contributed by atoms with Gasteiger partial charge in [0.2, 0.25) is 0 Å². The van der Waals surface area contributed by atoms with Gasteiger partial charge in [0.05, 0.1) is 19.3 Å². The lowest BCUT2D eigenvalue weighted by molar-refractivity contribution is -0.116. The average molecular weight is 497 g/mol. The SMILES string of the molecule is CC(C)(F)CN1CCC(COc2ccc(-c3ccc(COCN4CCCC[C@H]4C=O)cc3)cc2)CC1. The van der Waals surface area contributed by atoms with Crippen molar-refractivity contribution in [2.45, 2.75) is 64.3 Å². The Morgan fingerprint density at radius 3 is 2.25 bits per heavy atom. The monoisotopic (exact) mass is 496 g/mol. The molecule has 2 aromatic carbocycles. The summed E-state index contributed by atoms with van der Waals surface area (Å²) in [6.45, 7) is 8.39. The van der Waals surface area contributed by atoms with Gasteiger partial charge in [-0.05, 0) is 87.4 Å². The van der Waals surface area contributed by atoms with E-state index in [0.29, 0.717) is 32.4 Å². The van der Waals surface area contributed by atoms with Crippen molar-refractivity contribution in [3.8, 4) is 16.9 Å². The van der Waals surface area contributed by atoms with Gasteiger partial charge in [0.25, 0.3) is 0 Å². The zero-order valence-corrected chi connectivity index (χ0v) is 21.8. The Balaban J connectivity index is 1.19. The van der Waals surface area contributed by atoms with Gasteiger partial charge in [-0.2, -0.15) is 0 Å². The number of likely N-dealkylation sites (tertiary alicyclic amines) is 2. The molecule has 0 N–H and O–H groups in total. The molecule has 4 rings (SSSR count). The van der Waals surface area contributed by atoms with Gasteiger partial charge in [-0.3, -0.25) is 4.90 Å². The summed E-state index contributed by atoms with van der Waals surface area (Å²) in [7, 11) is 0. The Bertz CT molecular complexity index is 934. The molecule has 6 heteroatoms. The summed E-state index contributed by atoms with van der Waals surface area (Å²) in [6, 6.07) is 16.7. The first-order chi connectivity index (χ1) is 17.4. The third kappa shape index (κ3) is 8.12. The Labute approximate surface area is 215 Å². The second-order valence-electron chi connectivity index (χ2n) is 11.0. The largest absolute Gasteiger partial charge is 0.493 e. The molecule has 0 aromatic heterocycles. The van der Waals surface area contributed by atoms with Crippen molar-refractivity contribution in [3.05, 3.63) is 54.1 Å². The van der Waals surface area contributed by atoms with E-state index in [1.807, 2.05) is 12.1 Å². The molecule has 5 nitrogen and oxygen atoms in total. The number of piperidine rings is 2. The minimum atomic E-state index is -1.13. The lowest BCUT2D eigenvalue weighted by atomic mass is 9.97. The molecule has 0 spiro atoms. The van der Waals surface area contributed by atoms with Crippen LogP contribution in [0.4, 0.5) is 4.39 Å². The first-order valence-electron chi connectivity index (χ1n) is 13.4. The molecule has 196 valence electrons. The number of nitrogens with zero attached hydrogens (tertiary/aromatic N) is 2. The summed E-state index contributed by atoms with van der Waals surface area (Å²) >= 11 is 0. The fraction of sp³-hybridized carbons (Fsp3) is 0.567. The number of rotatable bonds is 11. The average Bonchev–Trinajstić information content (AvgIpc) is 2.88. The van der Waals surface area contributed by atoms with E-state index in [1.165, 1.54) is 0 Å². The molecule has 2 aliphatic heterocycles. The van der Waals surface area contributed by atoms with Gasteiger partial charge in [-0.25, -0.2) is 4.39 Å². The van der Waals surface area contributed by atoms with Crippen molar-refractivity contribution in [2.24, 2.45) is 5.92 Å². The van der Waals surface area contributed by atoms with Gasteiger partial charge in [0, 0.05) is 13.1 Å². The summed E-state index contributed by atoms with van der Waals surface area (Å²) in [4.78, 5) is 15.6. The highest BCUT2D eigenvalue weighted by Gasteiger charge is 2.25. The summed E-state index contributed by atoms with van der Waals surface area (Å²) in [5.74, 6) is 1.42. The van der Waals surface area contributed by atoms with Crippen molar-refractivity contribution in [1.29, 1.82) is 0 Å². The maximum absolute atomic E-state index is 13.9. The van der Waals surface area contributed by atoms with Crippen LogP contribution in [-0.2, 0) is 16.1 Å². The lowest BCUT2D eigenvalue weighted by Crippen LogP contribution is -2.41. The molecular formula is C30H41FN2O3. The summed E-state index contributed by atoms with van der Waals surface area (Å²) in [5, 5.41) is 0. The molecule has 0 saturated carbocycles. The van der Waals surface area contributed by atoms with E-state index in [-0.39, 0.29) is 6.04 Å². The first-order valence-corrected chi connectivity index (χ1v) is 13.4. The van der Waals surface area contributed by atoms with Gasteiger partial charge >= 0.3 is 0 Å². The number of hydrogen-bond acceptors (Lipinski definition) is 5. The number of alkyl halides is 1. The van der Waals surface area contributed by atoms with Crippen molar-refractivity contribution < 1.29 is 18.7 Å². The van der Waals surface area contributed by atoms with Crippen LogP contribution in [0.2, 0.25) is 0 Å². The zero-order chi connectivity index (χ0) is 25.4. The maximum atomic E-state index is 13.9. The summed E-state index contributed by atoms with van der Waals surface area (Å²) in [6.07, 6.45) is 6.35. The number of ether oxygens (including phenoxy) is 2. The molecule has 2 fully saturated rings. The van der Waals surface area contributed by atoms with Crippen LogP contribution >= 0.6 is 0 Å². The van der Waals surface area contributed by atoms with Crippen LogP contribution in [0.1, 0.15) is 51.5 Å². The van der Waals surface area contributed by atoms with Crippen molar-refractivity contribution in [2.75, 3.05) is 39.5 Å². The van der Waals surface area contributed by atoms with Crippen LogP contribution in [0.3, 0.4) is 0 Å². The minimum Gasteiger partial charge on any atom is -0.493 e. The van der Waals surface area contributed by atoms with Crippen LogP contribution in [0, 0.1) is 5.92 Å². The van der Waals surface area contributed by atoms with Gasteiger partial charge in [0.15, 0.2) is 0 Å². The molecule has 2 heterocycles. The summed E-state index contributed by atoms with van der Waals surface area (Å²) in [5.41, 5.74) is 2.30. The zero-order valence-electron chi connectivity index (χ0n) is 21.8. The van der Waals surface area contributed by atoms with E-state index in [2.05, 4.69) is 46.2 Å². The van der Waals surface area contributed by atoms with E-state index < -0.39 is 5.67 Å². The molecule has 2 aromatic rings. The van der Waals surface area contributed by atoms with Crippen LogP contribution in [0.25, 0.3) is 11.1 Å². The quantitative estimate of drug-likeness (QED) is 0.372. The fourth-order valence-electron chi connectivity index (χ4n) is 5.21. The van der Waals surface area contributed by atoms with Gasteiger partial charge < -0.3 is 19.2 Å². The van der Waals surface area contributed by atoms with Gasteiger partial charge in [-0.1, -0.05) is 42.8 Å². The Morgan fingerprint density at radius 2 is 1.61 bits per heavy atom. The Morgan fingerprint density at radius 1 is 0.944 bits per heavy atom. The molecular weight excluding hydrogens is 455 g/mol. The van der Waals surface area contributed by atoms with E-state index in [0.717, 1.165) is 80.5 Å². The molecule has 0 bridgehead atoms. The molecule has 0 aliphatic carbocycles. The van der Waals surface area contributed by atoms with Crippen LogP contribution in [0.15, 0.2) is 48.5 Å².